The highest BCUT2D eigenvalue weighted by Gasteiger charge is 2.38. The molecule has 4 unspecified atom stereocenters. The van der Waals surface area contributed by atoms with Gasteiger partial charge in [-0.2, -0.15) is 0 Å². The lowest BCUT2D eigenvalue weighted by Crippen LogP contribution is -2.43. The van der Waals surface area contributed by atoms with E-state index in [1.807, 2.05) is 54.6 Å². The maximum absolute atomic E-state index is 12.4. The molecule has 3 N–H and O–H groups in total. The number of benzene rings is 3. The molecule has 4 rings (SSSR count). The lowest BCUT2D eigenvalue weighted by atomic mass is 9.90. The van der Waals surface area contributed by atoms with Crippen molar-refractivity contribution in [1.29, 1.82) is 0 Å². The van der Waals surface area contributed by atoms with Crippen LogP contribution in [0.3, 0.4) is 0 Å². The summed E-state index contributed by atoms with van der Waals surface area (Å²) < 4.78 is 13.3. The molecule has 1 saturated heterocycles. The van der Waals surface area contributed by atoms with Crippen LogP contribution in [0.1, 0.15) is 74.2 Å². The lowest BCUT2D eigenvalue weighted by Gasteiger charge is -2.42. The number of hydrogen-bond donors (Lipinski definition) is 3. The number of nitrogens with one attached hydrogen (secondary N) is 2. The van der Waals surface area contributed by atoms with Gasteiger partial charge in [-0.25, -0.2) is 0 Å². The molecule has 1 fully saturated rings. The Hall–Kier alpha value is -3.82. The van der Waals surface area contributed by atoms with Crippen LogP contribution in [-0.2, 0) is 32.2 Å². The van der Waals surface area contributed by atoms with Crippen molar-refractivity contribution < 1.29 is 24.2 Å². The van der Waals surface area contributed by atoms with Crippen LogP contribution in [0, 0.1) is 5.92 Å². The second-order valence-electron chi connectivity index (χ2n) is 12.2. The first-order valence-electron chi connectivity index (χ1n) is 16.3. The van der Waals surface area contributed by atoms with E-state index >= 15 is 0 Å². The van der Waals surface area contributed by atoms with Crippen LogP contribution in [0.5, 0.6) is 0 Å². The summed E-state index contributed by atoms with van der Waals surface area (Å²) in [6, 6.07) is 24.4. The molecular formula is C38H49N3O5. The summed E-state index contributed by atoms with van der Waals surface area (Å²) in [6.45, 7) is 10.2. The quantitative estimate of drug-likeness (QED) is 0.132. The van der Waals surface area contributed by atoms with Crippen molar-refractivity contribution in [2.24, 2.45) is 5.92 Å². The van der Waals surface area contributed by atoms with Gasteiger partial charge in [0.2, 0.25) is 11.8 Å². The average Bonchev–Trinajstić information content (AvgIpc) is 3.06. The molecule has 8 nitrogen and oxygen atoms in total. The van der Waals surface area contributed by atoms with Crippen LogP contribution in [0.15, 0.2) is 85.5 Å². The third kappa shape index (κ3) is 10.4. The van der Waals surface area contributed by atoms with E-state index in [-0.39, 0.29) is 36.5 Å². The number of carbonyl (C=O) groups excluding carboxylic acids is 2. The number of amides is 2. The van der Waals surface area contributed by atoms with E-state index in [2.05, 4.69) is 60.3 Å². The molecule has 1 heterocycles. The number of rotatable bonds is 16. The van der Waals surface area contributed by atoms with Gasteiger partial charge in [0, 0.05) is 51.0 Å². The summed E-state index contributed by atoms with van der Waals surface area (Å²) in [7, 11) is 2.07. The van der Waals surface area contributed by atoms with Gasteiger partial charge in [-0.1, -0.05) is 80.1 Å². The first-order chi connectivity index (χ1) is 22.3. The third-order valence-corrected chi connectivity index (χ3v) is 8.42. The predicted octanol–water partition coefficient (Wildman–Crippen LogP) is 6.07. The molecule has 1 aliphatic heterocycles. The van der Waals surface area contributed by atoms with Gasteiger partial charge >= 0.3 is 0 Å². The highest BCUT2D eigenvalue weighted by molar-refractivity contribution is 5.76. The highest BCUT2D eigenvalue weighted by atomic mass is 16.7. The number of carbonyl (C=O) groups is 2. The van der Waals surface area contributed by atoms with E-state index in [1.54, 1.807) is 0 Å². The Morgan fingerprint density at radius 2 is 1.65 bits per heavy atom. The van der Waals surface area contributed by atoms with Crippen molar-refractivity contribution in [3.05, 3.63) is 108 Å². The number of aliphatic hydroxyl groups is 1. The van der Waals surface area contributed by atoms with Gasteiger partial charge in [-0.15, -0.1) is 6.58 Å². The van der Waals surface area contributed by atoms with E-state index in [0.29, 0.717) is 19.5 Å². The molecule has 246 valence electrons. The van der Waals surface area contributed by atoms with Crippen molar-refractivity contribution in [3.8, 4) is 11.1 Å². The number of unbranched alkanes of at least 4 members (excludes halogenated alkanes) is 2. The first kappa shape index (κ1) is 35.0. The van der Waals surface area contributed by atoms with Gasteiger partial charge in [-0.3, -0.25) is 9.59 Å². The Labute approximate surface area is 273 Å². The number of likely N-dealkylation sites (N-methyl/N-ethyl adjacent to an activating group) is 1. The van der Waals surface area contributed by atoms with Gasteiger partial charge in [0.1, 0.15) is 0 Å². The van der Waals surface area contributed by atoms with Crippen LogP contribution in [0.25, 0.3) is 11.1 Å². The predicted molar refractivity (Wildman–Crippen MR) is 182 cm³/mol. The molecule has 4 atom stereocenters. The monoisotopic (exact) mass is 627 g/mol. The van der Waals surface area contributed by atoms with E-state index in [0.717, 1.165) is 65.7 Å². The van der Waals surface area contributed by atoms with Crippen molar-refractivity contribution in [1.82, 2.24) is 15.5 Å². The minimum absolute atomic E-state index is 0.00452. The Balaban J connectivity index is 1.44. The van der Waals surface area contributed by atoms with Gasteiger partial charge in [-0.05, 0) is 59.8 Å². The third-order valence-electron chi connectivity index (χ3n) is 8.42. The molecule has 2 amide bonds. The van der Waals surface area contributed by atoms with E-state index in [1.165, 1.54) is 6.92 Å². The van der Waals surface area contributed by atoms with E-state index in [9.17, 15) is 14.7 Å². The lowest BCUT2D eigenvalue weighted by molar-refractivity contribution is -0.275. The molecule has 0 radical (unpaired) electrons. The Morgan fingerprint density at radius 3 is 2.37 bits per heavy atom. The van der Waals surface area contributed by atoms with Crippen molar-refractivity contribution >= 4 is 11.8 Å². The zero-order valence-electron chi connectivity index (χ0n) is 27.4. The van der Waals surface area contributed by atoms with E-state index in [4.69, 9.17) is 9.47 Å². The summed E-state index contributed by atoms with van der Waals surface area (Å²) in [5.74, 6) is 0.104. The Bertz CT molecular complexity index is 1430. The summed E-state index contributed by atoms with van der Waals surface area (Å²) >= 11 is 0. The number of hydrogen-bond acceptors (Lipinski definition) is 6. The summed E-state index contributed by atoms with van der Waals surface area (Å²) in [5, 5.41) is 15.4. The zero-order valence-corrected chi connectivity index (χ0v) is 27.4. The number of nitrogens with zero attached hydrogens (tertiary/aromatic N) is 1. The fourth-order valence-electron chi connectivity index (χ4n) is 5.80. The number of ether oxygens (including phenoxy) is 2. The Morgan fingerprint density at radius 1 is 0.913 bits per heavy atom. The molecule has 8 heteroatoms. The molecular weight excluding hydrogens is 578 g/mol. The molecule has 46 heavy (non-hydrogen) atoms. The molecule has 3 aromatic rings. The minimum Gasteiger partial charge on any atom is -0.392 e. The zero-order chi connectivity index (χ0) is 32.9. The molecule has 0 spiro atoms. The van der Waals surface area contributed by atoms with Crippen LogP contribution in [-0.4, -0.2) is 54.6 Å². The van der Waals surface area contributed by atoms with Crippen molar-refractivity contribution in [3.63, 3.8) is 0 Å². The highest BCUT2D eigenvalue weighted by Crippen LogP contribution is 2.42. The molecule has 3 aromatic carbocycles. The number of aliphatic hydroxyl groups excluding tert-OH is 1. The van der Waals surface area contributed by atoms with Gasteiger partial charge < -0.3 is 30.1 Å². The fraction of sp³-hybridized carbons (Fsp3) is 0.421. The van der Waals surface area contributed by atoms with Crippen LogP contribution in [0.2, 0.25) is 0 Å². The SMILES string of the molecule is C=CCN(C)CC1OC(c2cccc(-c3cccc(CNC(=O)CCCCCNC(C)=O)c3)c2)OC(c2ccc(CO)cc2)C1C. The second-order valence-corrected chi connectivity index (χ2v) is 12.2. The smallest absolute Gasteiger partial charge is 0.220 e. The van der Waals surface area contributed by atoms with Gasteiger partial charge in [0.15, 0.2) is 6.29 Å². The molecule has 0 bridgehead atoms. The van der Waals surface area contributed by atoms with Crippen molar-refractivity contribution in [2.75, 3.05) is 26.7 Å². The summed E-state index contributed by atoms with van der Waals surface area (Å²) in [5.41, 5.74) is 5.99. The van der Waals surface area contributed by atoms with Gasteiger partial charge in [0.05, 0.1) is 18.8 Å². The second kappa shape index (κ2) is 17.8. The van der Waals surface area contributed by atoms with Crippen LogP contribution in [0.4, 0.5) is 0 Å². The minimum atomic E-state index is -0.554. The van der Waals surface area contributed by atoms with Crippen molar-refractivity contribution in [2.45, 2.75) is 71.2 Å². The van der Waals surface area contributed by atoms with Crippen LogP contribution < -0.4 is 10.6 Å². The molecule has 0 aliphatic carbocycles. The standard InChI is InChI=1S/C38H49N3O5/c1-5-21-41(4)25-35-27(2)37(31-18-16-29(26-42)17-19-31)46-38(45-35)34-14-10-13-33(23-34)32-12-9-11-30(22-32)24-40-36(44)15-7-6-8-20-39-28(3)43/h5,9-14,16-19,22-23,27,35,37-38,42H,1,6-8,15,20-21,24-26H2,2-4H3,(H,39,43)(H,40,44). The van der Waals surface area contributed by atoms with E-state index < -0.39 is 6.29 Å². The maximum atomic E-state index is 12.4. The topological polar surface area (TPSA) is 100 Å². The summed E-state index contributed by atoms with van der Waals surface area (Å²) in [6.07, 6.45) is 4.13. The Kier molecular flexibility index (Phi) is 13.5. The average molecular weight is 628 g/mol. The maximum Gasteiger partial charge on any atom is 0.220 e. The van der Waals surface area contributed by atoms with Crippen LogP contribution >= 0.6 is 0 Å². The van der Waals surface area contributed by atoms with Gasteiger partial charge in [0.25, 0.3) is 0 Å². The molecule has 0 saturated carbocycles. The normalized spacial score (nSPS) is 19.5. The summed E-state index contributed by atoms with van der Waals surface area (Å²) in [4.78, 5) is 25.6. The first-order valence-corrected chi connectivity index (χ1v) is 16.3. The fourth-order valence-corrected chi connectivity index (χ4v) is 5.80. The molecule has 1 aliphatic rings. The molecule has 0 aromatic heterocycles. The largest absolute Gasteiger partial charge is 0.392 e.